The second kappa shape index (κ2) is 7.83. The van der Waals surface area contributed by atoms with Gasteiger partial charge in [0.15, 0.2) is 0 Å². The lowest BCUT2D eigenvalue weighted by molar-refractivity contribution is 0.0939. The molecule has 130 valence electrons. The molecule has 1 fully saturated rings. The SMILES string of the molecule is COc1cccc(C(=O)Nc2ccccc2C(=O)NC2CCCC2)c1. The Morgan fingerprint density at radius 3 is 2.52 bits per heavy atom. The van der Waals surface area contributed by atoms with Gasteiger partial charge in [0.1, 0.15) is 5.75 Å². The normalized spacial score (nSPS) is 14.1. The van der Waals surface area contributed by atoms with Crippen LogP contribution < -0.4 is 15.4 Å². The Morgan fingerprint density at radius 2 is 1.76 bits per heavy atom. The van der Waals surface area contributed by atoms with Gasteiger partial charge in [-0.2, -0.15) is 0 Å². The predicted octanol–water partition coefficient (Wildman–Crippen LogP) is 3.62. The van der Waals surface area contributed by atoms with Gasteiger partial charge >= 0.3 is 0 Å². The largest absolute Gasteiger partial charge is 0.497 e. The highest BCUT2D eigenvalue weighted by Gasteiger charge is 2.20. The van der Waals surface area contributed by atoms with Gasteiger partial charge in [-0.15, -0.1) is 0 Å². The van der Waals surface area contributed by atoms with Gasteiger partial charge in [0, 0.05) is 11.6 Å². The lowest BCUT2D eigenvalue weighted by Crippen LogP contribution is -2.33. The van der Waals surface area contributed by atoms with E-state index >= 15 is 0 Å². The minimum Gasteiger partial charge on any atom is -0.497 e. The van der Waals surface area contributed by atoms with Gasteiger partial charge in [-0.3, -0.25) is 9.59 Å². The molecule has 0 aromatic heterocycles. The van der Waals surface area contributed by atoms with Gasteiger partial charge in [0.25, 0.3) is 11.8 Å². The van der Waals surface area contributed by atoms with Crippen molar-refractivity contribution in [2.45, 2.75) is 31.7 Å². The van der Waals surface area contributed by atoms with Crippen LogP contribution in [0.3, 0.4) is 0 Å². The molecule has 0 radical (unpaired) electrons. The molecule has 5 heteroatoms. The quantitative estimate of drug-likeness (QED) is 0.875. The fourth-order valence-corrected chi connectivity index (χ4v) is 3.08. The molecule has 1 aliphatic rings. The lowest BCUT2D eigenvalue weighted by Gasteiger charge is -2.15. The van der Waals surface area contributed by atoms with Crippen LogP contribution in [0.1, 0.15) is 46.4 Å². The summed E-state index contributed by atoms with van der Waals surface area (Å²) in [5, 5.41) is 5.89. The molecule has 0 spiro atoms. The van der Waals surface area contributed by atoms with E-state index < -0.39 is 0 Å². The highest BCUT2D eigenvalue weighted by molar-refractivity contribution is 6.09. The van der Waals surface area contributed by atoms with Gasteiger partial charge in [0.2, 0.25) is 0 Å². The van der Waals surface area contributed by atoms with Crippen molar-refractivity contribution >= 4 is 17.5 Å². The summed E-state index contributed by atoms with van der Waals surface area (Å²) in [5.41, 5.74) is 1.46. The molecular weight excluding hydrogens is 316 g/mol. The summed E-state index contributed by atoms with van der Waals surface area (Å²) in [6.07, 6.45) is 4.34. The number of carbonyl (C=O) groups is 2. The molecule has 1 saturated carbocycles. The third-order valence-corrected chi connectivity index (χ3v) is 4.44. The van der Waals surface area contributed by atoms with Gasteiger partial charge in [0.05, 0.1) is 18.4 Å². The van der Waals surface area contributed by atoms with Crippen LogP contribution in [-0.4, -0.2) is 25.0 Å². The Labute approximate surface area is 147 Å². The third kappa shape index (κ3) is 4.18. The van der Waals surface area contributed by atoms with Crippen molar-refractivity contribution in [3.8, 4) is 5.75 Å². The van der Waals surface area contributed by atoms with E-state index in [1.165, 1.54) is 0 Å². The first kappa shape index (κ1) is 17.0. The predicted molar refractivity (Wildman–Crippen MR) is 97.1 cm³/mol. The molecule has 2 aromatic carbocycles. The maximum Gasteiger partial charge on any atom is 0.255 e. The van der Waals surface area contributed by atoms with Crippen molar-refractivity contribution in [2.75, 3.05) is 12.4 Å². The maximum absolute atomic E-state index is 12.6. The van der Waals surface area contributed by atoms with Crippen molar-refractivity contribution in [1.29, 1.82) is 0 Å². The van der Waals surface area contributed by atoms with Crippen molar-refractivity contribution in [1.82, 2.24) is 5.32 Å². The van der Waals surface area contributed by atoms with Crippen LogP contribution in [0.2, 0.25) is 0 Å². The number of methoxy groups -OCH3 is 1. The molecule has 2 N–H and O–H groups in total. The molecule has 2 amide bonds. The van der Waals surface area contributed by atoms with E-state index in [1.807, 2.05) is 0 Å². The Morgan fingerprint density at radius 1 is 1.00 bits per heavy atom. The lowest BCUT2D eigenvalue weighted by atomic mass is 10.1. The standard InChI is InChI=1S/C20H22N2O3/c1-25-16-10-6-7-14(13-16)19(23)22-18-12-5-4-11-17(18)20(24)21-15-8-2-3-9-15/h4-7,10-13,15H,2-3,8-9H2,1H3,(H,21,24)(H,22,23). The zero-order valence-electron chi connectivity index (χ0n) is 14.2. The molecule has 0 heterocycles. The summed E-state index contributed by atoms with van der Waals surface area (Å²) in [4.78, 5) is 25.1. The number of benzene rings is 2. The zero-order chi connectivity index (χ0) is 17.6. The van der Waals surface area contributed by atoms with Crippen LogP contribution in [0.5, 0.6) is 5.75 Å². The van der Waals surface area contributed by atoms with Crippen molar-refractivity contribution in [3.63, 3.8) is 0 Å². The van der Waals surface area contributed by atoms with Crippen LogP contribution in [0.15, 0.2) is 48.5 Å². The summed E-state index contributed by atoms with van der Waals surface area (Å²) in [7, 11) is 1.56. The molecule has 0 bridgehead atoms. The topological polar surface area (TPSA) is 67.4 Å². The van der Waals surface area contributed by atoms with Gasteiger partial charge < -0.3 is 15.4 Å². The van der Waals surface area contributed by atoms with Crippen molar-refractivity contribution in [3.05, 3.63) is 59.7 Å². The second-order valence-corrected chi connectivity index (χ2v) is 6.19. The minimum atomic E-state index is -0.278. The Bertz CT molecular complexity index is 767. The number of nitrogens with one attached hydrogen (secondary N) is 2. The molecule has 2 aromatic rings. The summed E-state index contributed by atoms with van der Waals surface area (Å²) in [6.45, 7) is 0. The number of amides is 2. The first-order valence-corrected chi connectivity index (χ1v) is 8.52. The Hall–Kier alpha value is -2.82. The van der Waals surface area contributed by atoms with E-state index in [2.05, 4.69) is 10.6 Å². The highest BCUT2D eigenvalue weighted by Crippen LogP contribution is 2.21. The number of anilines is 1. The highest BCUT2D eigenvalue weighted by atomic mass is 16.5. The number of carbonyl (C=O) groups excluding carboxylic acids is 2. The molecule has 1 aliphatic carbocycles. The number of para-hydroxylation sites is 1. The first-order chi connectivity index (χ1) is 12.2. The molecule has 3 rings (SSSR count). The zero-order valence-corrected chi connectivity index (χ0v) is 14.2. The van der Waals surface area contributed by atoms with Crippen LogP contribution in [-0.2, 0) is 0 Å². The Balaban J connectivity index is 1.75. The smallest absolute Gasteiger partial charge is 0.255 e. The molecule has 0 unspecified atom stereocenters. The summed E-state index contributed by atoms with van der Waals surface area (Å²) in [6, 6.07) is 14.2. The maximum atomic E-state index is 12.6. The summed E-state index contributed by atoms with van der Waals surface area (Å²) >= 11 is 0. The van der Waals surface area contributed by atoms with Crippen LogP contribution in [0, 0.1) is 0 Å². The van der Waals surface area contributed by atoms with Crippen LogP contribution >= 0.6 is 0 Å². The van der Waals surface area contributed by atoms with E-state index in [9.17, 15) is 9.59 Å². The number of ether oxygens (including phenoxy) is 1. The number of hydrogen-bond donors (Lipinski definition) is 2. The average Bonchev–Trinajstić information content (AvgIpc) is 3.15. The monoisotopic (exact) mass is 338 g/mol. The molecule has 0 aliphatic heterocycles. The van der Waals surface area contributed by atoms with E-state index in [0.29, 0.717) is 22.6 Å². The van der Waals surface area contributed by atoms with E-state index in [0.717, 1.165) is 25.7 Å². The first-order valence-electron chi connectivity index (χ1n) is 8.52. The molecule has 25 heavy (non-hydrogen) atoms. The van der Waals surface area contributed by atoms with Crippen molar-refractivity contribution < 1.29 is 14.3 Å². The van der Waals surface area contributed by atoms with Gasteiger partial charge in [-0.1, -0.05) is 31.0 Å². The fourth-order valence-electron chi connectivity index (χ4n) is 3.08. The Kier molecular flexibility index (Phi) is 5.33. The second-order valence-electron chi connectivity index (χ2n) is 6.19. The molecule has 0 atom stereocenters. The van der Waals surface area contributed by atoms with E-state index in [1.54, 1.807) is 55.6 Å². The van der Waals surface area contributed by atoms with Crippen LogP contribution in [0.25, 0.3) is 0 Å². The summed E-state index contributed by atoms with van der Waals surface area (Å²) < 4.78 is 5.15. The van der Waals surface area contributed by atoms with E-state index in [4.69, 9.17) is 4.74 Å². The average molecular weight is 338 g/mol. The fraction of sp³-hybridized carbons (Fsp3) is 0.300. The van der Waals surface area contributed by atoms with Crippen LogP contribution in [0.4, 0.5) is 5.69 Å². The van der Waals surface area contributed by atoms with Gasteiger partial charge in [-0.05, 0) is 43.2 Å². The summed E-state index contributed by atoms with van der Waals surface area (Å²) in [5.74, 6) is 0.188. The molecular formula is C20H22N2O3. The van der Waals surface area contributed by atoms with Crippen molar-refractivity contribution in [2.24, 2.45) is 0 Å². The number of rotatable bonds is 5. The minimum absolute atomic E-state index is 0.145. The van der Waals surface area contributed by atoms with E-state index in [-0.39, 0.29) is 17.9 Å². The van der Waals surface area contributed by atoms with Gasteiger partial charge in [-0.25, -0.2) is 0 Å². The third-order valence-electron chi connectivity index (χ3n) is 4.44. The molecule has 0 saturated heterocycles. The number of hydrogen-bond acceptors (Lipinski definition) is 3. The molecule has 5 nitrogen and oxygen atoms in total.